The predicted molar refractivity (Wildman–Crippen MR) is 79.7 cm³/mol. The Kier molecular flexibility index (Phi) is 4.76. The third-order valence-electron chi connectivity index (χ3n) is 3.95. The van der Waals surface area contributed by atoms with E-state index >= 15 is 0 Å². The molecule has 0 atom stereocenters. The zero-order chi connectivity index (χ0) is 15.4. The molecule has 112 valence electrons. The van der Waals surface area contributed by atoms with Gasteiger partial charge in [-0.15, -0.1) is 0 Å². The van der Waals surface area contributed by atoms with E-state index in [9.17, 15) is 9.18 Å². The molecule has 0 bridgehead atoms. The number of benzene rings is 1. The number of likely N-dealkylation sites (tertiary alicyclic amines) is 1. The number of amides is 1. The molecule has 1 aromatic carbocycles. The molecule has 6 heteroatoms. The number of carbonyl (C=O) groups excluding carboxylic acids is 1. The molecule has 1 heterocycles. The van der Waals surface area contributed by atoms with Gasteiger partial charge in [-0.25, -0.2) is 4.39 Å². The highest BCUT2D eigenvalue weighted by Gasteiger charge is 2.25. The molecule has 1 N–H and O–H groups in total. The van der Waals surface area contributed by atoms with Gasteiger partial charge in [0.1, 0.15) is 11.9 Å². The number of hydrogen-bond donors (Lipinski definition) is 1. The van der Waals surface area contributed by atoms with Crippen LogP contribution >= 0.6 is 0 Å². The fourth-order valence-corrected chi connectivity index (χ4v) is 2.67. The van der Waals surface area contributed by atoms with E-state index in [2.05, 4.69) is 10.2 Å². The van der Waals surface area contributed by atoms with Gasteiger partial charge in [-0.1, -0.05) is 0 Å². The third-order valence-corrected chi connectivity index (χ3v) is 3.95. The molecule has 0 saturated carbocycles. The minimum atomic E-state index is -0.605. The van der Waals surface area contributed by atoms with Gasteiger partial charge in [0.15, 0.2) is 0 Å². The molecule has 1 aliphatic rings. The molecule has 0 unspecified atom stereocenters. The van der Waals surface area contributed by atoms with Crippen molar-refractivity contribution in [2.24, 2.45) is 0 Å². The van der Waals surface area contributed by atoms with Crippen molar-refractivity contribution in [1.29, 1.82) is 5.26 Å². The maximum atomic E-state index is 13.9. The predicted octanol–water partition coefficient (Wildman–Crippen LogP) is 1.80. The molecule has 0 aliphatic carbocycles. The Labute approximate surface area is 123 Å². The number of nitriles is 1. The molecular weight excluding hydrogens is 271 g/mol. The van der Waals surface area contributed by atoms with E-state index in [0.717, 1.165) is 32.3 Å². The second-order valence-corrected chi connectivity index (χ2v) is 5.26. The van der Waals surface area contributed by atoms with Crippen LogP contribution in [0.1, 0.15) is 18.4 Å². The van der Waals surface area contributed by atoms with Gasteiger partial charge in [0, 0.05) is 19.2 Å². The topological polar surface area (TPSA) is 59.4 Å². The number of hydrogen-bond acceptors (Lipinski definition) is 4. The summed E-state index contributed by atoms with van der Waals surface area (Å²) < 4.78 is 13.9. The van der Waals surface area contributed by atoms with Gasteiger partial charge in [0.2, 0.25) is 6.41 Å². The van der Waals surface area contributed by atoms with Crippen LogP contribution in [0.4, 0.5) is 15.8 Å². The minimum absolute atomic E-state index is 0.0303. The van der Waals surface area contributed by atoms with Gasteiger partial charge in [0.25, 0.3) is 0 Å². The van der Waals surface area contributed by atoms with Gasteiger partial charge in [-0.05, 0) is 39.0 Å². The second-order valence-electron chi connectivity index (χ2n) is 5.26. The average molecular weight is 290 g/mol. The largest absolute Gasteiger partial charge is 0.386 e. The molecule has 5 nitrogen and oxygen atoms in total. The Morgan fingerprint density at radius 1 is 1.48 bits per heavy atom. The summed E-state index contributed by atoms with van der Waals surface area (Å²) in [5.74, 6) is -0.605. The number of rotatable bonds is 4. The molecule has 0 aromatic heterocycles. The summed E-state index contributed by atoms with van der Waals surface area (Å²) >= 11 is 0. The first-order chi connectivity index (χ1) is 10.1. The Morgan fingerprint density at radius 3 is 2.67 bits per heavy atom. The Balaban J connectivity index is 2.36. The summed E-state index contributed by atoms with van der Waals surface area (Å²) in [5.41, 5.74) is 1.04. The van der Waals surface area contributed by atoms with E-state index < -0.39 is 5.82 Å². The van der Waals surface area contributed by atoms with Crippen LogP contribution in [-0.2, 0) is 4.79 Å². The van der Waals surface area contributed by atoms with Gasteiger partial charge >= 0.3 is 0 Å². The maximum Gasteiger partial charge on any atom is 0.214 e. The molecule has 1 amide bonds. The molecule has 1 aromatic rings. The number of nitrogens with zero attached hydrogens (tertiary/aromatic N) is 3. The smallest absolute Gasteiger partial charge is 0.214 e. The lowest BCUT2D eigenvalue weighted by atomic mass is 10.0. The fraction of sp³-hybridized carbons (Fsp3) is 0.467. The minimum Gasteiger partial charge on any atom is -0.386 e. The lowest BCUT2D eigenvalue weighted by Crippen LogP contribution is -2.43. The van der Waals surface area contributed by atoms with Gasteiger partial charge in [-0.3, -0.25) is 4.79 Å². The highest BCUT2D eigenvalue weighted by Crippen LogP contribution is 2.31. The summed E-state index contributed by atoms with van der Waals surface area (Å²) in [7, 11) is 3.73. The SMILES string of the molecule is CNc1cc(C#N)c(F)cc1N(C=O)C1CCN(C)CC1. The van der Waals surface area contributed by atoms with E-state index in [1.54, 1.807) is 11.9 Å². The van der Waals surface area contributed by atoms with Crippen molar-refractivity contribution in [3.05, 3.63) is 23.5 Å². The van der Waals surface area contributed by atoms with Crippen LogP contribution in [0.15, 0.2) is 12.1 Å². The molecule has 1 saturated heterocycles. The Bertz CT molecular complexity index is 562. The second kappa shape index (κ2) is 6.55. The van der Waals surface area contributed by atoms with Crippen LogP contribution in [0.25, 0.3) is 0 Å². The molecule has 0 radical (unpaired) electrons. The van der Waals surface area contributed by atoms with E-state index in [-0.39, 0.29) is 11.6 Å². The number of anilines is 2. The molecule has 0 spiro atoms. The quantitative estimate of drug-likeness (QED) is 0.859. The normalized spacial score (nSPS) is 16.3. The molecular formula is C15H19FN4O. The van der Waals surface area contributed by atoms with E-state index in [4.69, 9.17) is 5.26 Å². The molecule has 1 fully saturated rings. The van der Waals surface area contributed by atoms with E-state index in [1.165, 1.54) is 12.1 Å². The summed E-state index contributed by atoms with van der Waals surface area (Å²) in [6.07, 6.45) is 2.44. The highest BCUT2D eigenvalue weighted by molar-refractivity contribution is 5.85. The van der Waals surface area contributed by atoms with Crippen molar-refractivity contribution < 1.29 is 9.18 Å². The number of halogens is 1. The van der Waals surface area contributed by atoms with Gasteiger partial charge < -0.3 is 15.1 Å². The van der Waals surface area contributed by atoms with Crippen LogP contribution in [0.2, 0.25) is 0 Å². The lowest BCUT2D eigenvalue weighted by Gasteiger charge is -2.36. The van der Waals surface area contributed by atoms with Gasteiger partial charge in [-0.2, -0.15) is 5.26 Å². The standard InChI is InChI=1S/C15H19FN4O/c1-18-14-7-11(9-17)13(16)8-15(14)20(10-21)12-3-5-19(2)6-4-12/h7-8,10,12,18H,3-6H2,1-2H3. The Morgan fingerprint density at radius 2 is 2.14 bits per heavy atom. The summed E-state index contributed by atoms with van der Waals surface area (Å²) in [6, 6.07) is 4.57. The maximum absolute atomic E-state index is 13.9. The van der Waals surface area contributed by atoms with Crippen LogP contribution in [-0.4, -0.2) is 44.5 Å². The van der Waals surface area contributed by atoms with Crippen molar-refractivity contribution in [2.75, 3.05) is 37.4 Å². The van der Waals surface area contributed by atoms with E-state index in [0.29, 0.717) is 11.4 Å². The summed E-state index contributed by atoms with van der Waals surface area (Å²) in [6.45, 7) is 1.81. The number of carbonyl (C=O) groups is 1. The van der Waals surface area contributed by atoms with Crippen LogP contribution in [0.5, 0.6) is 0 Å². The third kappa shape index (κ3) is 3.14. The summed E-state index contributed by atoms with van der Waals surface area (Å²) in [5, 5.41) is 11.8. The first-order valence-corrected chi connectivity index (χ1v) is 6.94. The van der Waals surface area contributed by atoms with Crippen molar-refractivity contribution in [3.63, 3.8) is 0 Å². The van der Waals surface area contributed by atoms with Gasteiger partial charge in [0.05, 0.1) is 16.9 Å². The van der Waals surface area contributed by atoms with Crippen molar-refractivity contribution in [1.82, 2.24) is 4.90 Å². The molecule has 1 aliphatic heterocycles. The zero-order valence-electron chi connectivity index (χ0n) is 12.3. The van der Waals surface area contributed by atoms with Crippen molar-refractivity contribution >= 4 is 17.8 Å². The monoisotopic (exact) mass is 290 g/mol. The lowest BCUT2D eigenvalue weighted by molar-refractivity contribution is -0.108. The highest BCUT2D eigenvalue weighted by atomic mass is 19.1. The van der Waals surface area contributed by atoms with Crippen LogP contribution in [0, 0.1) is 17.1 Å². The fourth-order valence-electron chi connectivity index (χ4n) is 2.67. The Hall–Kier alpha value is -2.13. The average Bonchev–Trinajstić information content (AvgIpc) is 2.50. The van der Waals surface area contributed by atoms with Crippen LogP contribution in [0.3, 0.4) is 0 Å². The molecule has 21 heavy (non-hydrogen) atoms. The number of piperidine rings is 1. The first kappa shape index (κ1) is 15.3. The van der Waals surface area contributed by atoms with Crippen molar-refractivity contribution in [2.45, 2.75) is 18.9 Å². The number of nitrogens with one attached hydrogen (secondary N) is 1. The van der Waals surface area contributed by atoms with Crippen LogP contribution < -0.4 is 10.2 Å². The van der Waals surface area contributed by atoms with Crippen molar-refractivity contribution in [3.8, 4) is 6.07 Å². The van der Waals surface area contributed by atoms with E-state index in [1.807, 2.05) is 13.1 Å². The first-order valence-electron chi connectivity index (χ1n) is 6.94. The molecule has 2 rings (SSSR count). The zero-order valence-corrected chi connectivity index (χ0v) is 12.3. The summed E-state index contributed by atoms with van der Waals surface area (Å²) in [4.78, 5) is 15.3.